The fraction of sp³-hybridized carbons (Fsp3) is 1.00. The molecular weight excluding hydrogens is 270 g/mol. The Morgan fingerprint density at radius 3 is 1.89 bits per heavy atom. The average Bonchev–Trinajstić information content (AvgIpc) is 1.63. The van der Waals surface area contributed by atoms with Crippen LogP contribution in [-0.2, 0) is 0 Å². The van der Waals surface area contributed by atoms with Gasteiger partial charge in [0.2, 0.25) is 0 Å². The van der Waals surface area contributed by atoms with E-state index in [-0.39, 0.29) is 0 Å². The van der Waals surface area contributed by atoms with Crippen molar-refractivity contribution >= 4 is 62.3 Å². The summed E-state index contributed by atoms with van der Waals surface area (Å²) in [6.07, 6.45) is 0.366. The number of alkyl halides is 5. The van der Waals surface area contributed by atoms with E-state index in [1.54, 1.807) is 0 Å². The second kappa shape index (κ2) is 4.50. The van der Waals surface area contributed by atoms with E-state index < -0.39 is 9.17 Å². The molecule has 0 aliphatic rings. The molecule has 0 amide bonds. The number of halogens is 5. The van der Waals surface area contributed by atoms with E-state index in [0.717, 1.165) is 0 Å². The van der Waals surface area contributed by atoms with Crippen LogP contribution in [0.4, 0.5) is 0 Å². The first-order chi connectivity index (χ1) is 3.98. The van der Waals surface area contributed by atoms with E-state index in [2.05, 4.69) is 15.9 Å². The molecule has 9 heavy (non-hydrogen) atoms. The highest BCUT2D eigenvalue weighted by molar-refractivity contribution is 9.09. The first-order valence-electron chi connectivity index (χ1n) is 2.20. The highest BCUT2D eigenvalue weighted by Crippen LogP contribution is 2.31. The van der Waals surface area contributed by atoms with Crippen LogP contribution < -0.4 is 0 Å². The molecule has 0 nitrogen and oxygen atoms in total. The summed E-state index contributed by atoms with van der Waals surface area (Å²) < 4.78 is -0.839. The summed E-state index contributed by atoms with van der Waals surface area (Å²) in [4.78, 5) is -0.502. The Morgan fingerprint density at radius 1 is 1.33 bits per heavy atom. The van der Waals surface area contributed by atoms with Crippen LogP contribution in [0, 0.1) is 0 Å². The van der Waals surface area contributed by atoms with E-state index in [4.69, 9.17) is 46.4 Å². The highest BCUT2D eigenvalue weighted by Gasteiger charge is 2.24. The van der Waals surface area contributed by atoms with Gasteiger partial charge >= 0.3 is 0 Å². The molecule has 0 fully saturated rings. The summed E-state index contributed by atoms with van der Waals surface area (Å²) >= 11 is 25.3. The maximum Gasteiger partial charge on any atom is 0.130 e. The Balaban J connectivity index is 3.58. The standard InChI is InChI=1S/C4H5BrCl4/c5-2-4(8,9)1-3(6)7/h3H,1-2H2. The first kappa shape index (κ1) is 10.6. The van der Waals surface area contributed by atoms with Gasteiger partial charge in [0.15, 0.2) is 0 Å². The molecule has 0 heterocycles. The molecule has 0 N–H and O–H groups in total. The number of hydrogen-bond donors (Lipinski definition) is 0. The van der Waals surface area contributed by atoms with Crippen molar-refractivity contribution in [2.75, 3.05) is 5.33 Å². The molecule has 0 aliphatic heterocycles. The molecule has 0 spiro atoms. The summed E-state index contributed by atoms with van der Waals surface area (Å²) in [5, 5.41) is 0.471. The van der Waals surface area contributed by atoms with Gasteiger partial charge in [-0.25, -0.2) is 0 Å². The molecule has 0 bridgehead atoms. The Bertz CT molecular complexity index is 82.6. The fourth-order valence-electron chi connectivity index (χ4n) is 0.280. The van der Waals surface area contributed by atoms with Crippen LogP contribution in [0.2, 0.25) is 0 Å². The van der Waals surface area contributed by atoms with Crippen molar-refractivity contribution in [3.05, 3.63) is 0 Å². The lowest BCUT2D eigenvalue weighted by Crippen LogP contribution is -2.17. The number of hydrogen-bond acceptors (Lipinski definition) is 0. The monoisotopic (exact) mass is 272 g/mol. The van der Waals surface area contributed by atoms with Gasteiger partial charge in [-0.15, -0.1) is 46.4 Å². The zero-order valence-electron chi connectivity index (χ0n) is 4.38. The van der Waals surface area contributed by atoms with E-state index in [1.165, 1.54) is 0 Å². The molecule has 0 radical (unpaired) electrons. The van der Waals surface area contributed by atoms with Gasteiger partial charge in [-0.1, -0.05) is 15.9 Å². The van der Waals surface area contributed by atoms with Crippen LogP contribution in [0.3, 0.4) is 0 Å². The summed E-state index contributed by atoms with van der Waals surface area (Å²) in [6.45, 7) is 0. The fourth-order valence-corrected chi connectivity index (χ4v) is 1.66. The molecule has 0 rings (SSSR count). The molecule has 5 heteroatoms. The summed E-state index contributed by atoms with van der Waals surface area (Å²) in [7, 11) is 0. The Kier molecular flexibility index (Phi) is 5.32. The maximum atomic E-state index is 5.67. The van der Waals surface area contributed by atoms with Crippen molar-refractivity contribution in [2.24, 2.45) is 0 Å². The third kappa shape index (κ3) is 6.05. The molecule has 0 aliphatic carbocycles. The zero-order valence-corrected chi connectivity index (χ0v) is 8.99. The van der Waals surface area contributed by atoms with Gasteiger partial charge in [0.25, 0.3) is 0 Å². The molecule has 0 aromatic heterocycles. The summed E-state index contributed by atoms with van der Waals surface area (Å²) in [5.41, 5.74) is 0. The molecular formula is C4H5BrCl4. The lowest BCUT2D eigenvalue weighted by molar-refractivity contribution is 0.815. The van der Waals surface area contributed by atoms with E-state index in [0.29, 0.717) is 11.8 Å². The highest BCUT2D eigenvalue weighted by atomic mass is 79.9. The first-order valence-corrected chi connectivity index (χ1v) is 4.95. The summed E-state index contributed by atoms with van der Waals surface area (Å²) in [5.74, 6) is 0. The van der Waals surface area contributed by atoms with Crippen LogP contribution >= 0.6 is 62.3 Å². The van der Waals surface area contributed by atoms with Gasteiger partial charge in [-0.05, 0) is 0 Å². The minimum Gasteiger partial charge on any atom is -0.105 e. The smallest absolute Gasteiger partial charge is 0.105 e. The predicted octanol–water partition coefficient (Wildman–Crippen LogP) is 3.75. The van der Waals surface area contributed by atoms with Crippen LogP contribution in [0.1, 0.15) is 6.42 Å². The molecule has 0 unspecified atom stereocenters. The zero-order chi connectivity index (χ0) is 7.49. The van der Waals surface area contributed by atoms with Gasteiger partial charge in [0.05, 0.1) is 0 Å². The van der Waals surface area contributed by atoms with E-state index in [9.17, 15) is 0 Å². The molecule has 0 atom stereocenters. The molecule has 0 saturated heterocycles. The van der Waals surface area contributed by atoms with Crippen molar-refractivity contribution < 1.29 is 0 Å². The number of rotatable bonds is 3. The Morgan fingerprint density at radius 2 is 1.78 bits per heavy atom. The average molecular weight is 275 g/mol. The molecule has 0 saturated carbocycles. The SMILES string of the molecule is ClC(Cl)CC(Cl)(Cl)CBr. The molecule has 56 valence electrons. The van der Waals surface area contributed by atoms with Crippen LogP contribution in [-0.4, -0.2) is 14.5 Å². The molecule has 0 aromatic carbocycles. The van der Waals surface area contributed by atoms with Crippen LogP contribution in [0.25, 0.3) is 0 Å². The quantitative estimate of drug-likeness (QED) is 0.688. The van der Waals surface area contributed by atoms with Gasteiger partial charge in [-0.3, -0.25) is 0 Å². The second-order valence-electron chi connectivity index (χ2n) is 1.58. The van der Waals surface area contributed by atoms with Gasteiger partial charge in [0, 0.05) is 11.8 Å². The van der Waals surface area contributed by atoms with Crippen molar-refractivity contribution in [1.29, 1.82) is 0 Å². The maximum absolute atomic E-state index is 5.67. The lowest BCUT2D eigenvalue weighted by atomic mass is 10.4. The minimum absolute atomic E-state index is 0.366. The second-order valence-corrected chi connectivity index (χ2v) is 5.06. The van der Waals surface area contributed by atoms with Gasteiger partial charge in [0.1, 0.15) is 9.17 Å². The van der Waals surface area contributed by atoms with E-state index in [1.807, 2.05) is 0 Å². The Hall–Kier alpha value is 1.64. The summed E-state index contributed by atoms with van der Waals surface area (Å²) in [6, 6.07) is 0. The van der Waals surface area contributed by atoms with Crippen molar-refractivity contribution in [3.63, 3.8) is 0 Å². The van der Waals surface area contributed by atoms with E-state index >= 15 is 0 Å². The third-order valence-corrected chi connectivity index (χ3v) is 3.14. The van der Waals surface area contributed by atoms with Crippen molar-refractivity contribution in [2.45, 2.75) is 15.6 Å². The van der Waals surface area contributed by atoms with Crippen molar-refractivity contribution in [3.8, 4) is 0 Å². The topological polar surface area (TPSA) is 0 Å². The van der Waals surface area contributed by atoms with Crippen LogP contribution in [0.15, 0.2) is 0 Å². The van der Waals surface area contributed by atoms with Crippen LogP contribution in [0.5, 0.6) is 0 Å². The largest absolute Gasteiger partial charge is 0.130 e. The third-order valence-electron chi connectivity index (χ3n) is 0.648. The van der Waals surface area contributed by atoms with Crippen molar-refractivity contribution in [1.82, 2.24) is 0 Å². The van der Waals surface area contributed by atoms with Gasteiger partial charge < -0.3 is 0 Å². The Labute approximate surface area is 82.9 Å². The van der Waals surface area contributed by atoms with Gasteiger partial charge in [-0.2, -0.15) is 0 Å². The molecule has 0 aromatic rings. The normalized spacial score (nSPS) is 12.7. The minimum atomic E-state index is -0.839. The predicted molar refractivity (Wildman–Crippen MR) is 48.3 cm³/mol. The lowest BCUT2D eigenvalue weighted by Gasteiger charge is -2.15.